The molecule has 1 heterocycles. The van der Waals surface area contributed by atoms with Gasteiger partial charge in [-0.1, -0.05) is 13.8 Å². The minimum atomic E-state index is -0.425. The van der Waals surface area contributed by atoms with Crippen molar-refractivity contribution in [3.8, 4) is 0 Å². The number of hydrogen-bond donors (Lipinski definition) is 2. The van der Waals surface area contributed by atoms with Gasteiger partial charge in [0.15, 0.2) is 0 Å². The maximum atomic E-state index is 11.3. The lowest BCUT2D eigenvalue weighted by Crippen LogP contribution is -2.17. The van der Waals surface area contributed by atoms with Crippen LogP contribution in [0.2, 0.25) is 0 Å². The maximum Gasteiger partial charge on any atom is 0.353 e. The van der Waals surface area contributed by atoms with Crippen molar-refractivity contribution in [3.63, 3.8) is 0 Å². The zero-order valence-electron chi connectivity index (χ0n) is 12.0. The fourth-order valence-electron chi connectivity index (χ4n) is 2.16. The molecule has 1 aliphatic carbocycles. The van der Waals surface area contributed by atoms with Crippen LogP contribution in [0.1, 0.15) is 39.5 Å². The van der Waals surface area contributed by atoms with Gasteiger partial charge in [-0.2, -0.15) is 0 Å². The summed E-state index contributed by atoms with van der Waals surface area (Å²) in [5, 5.41) is 17.4. The molecular weight excluding hydrogens is 258 g/mol. The van der Waals surface area contributed by atoms with Gasteiger partial charge in [0.1, 0.15) is 6.33 Å². The molecule has 0 aromatic carbocycles. The predicted octanol–water partition coefficient (Wildman–Crippen LogP) is 2.81. The first-order chi connectivity index (χ1) is 9.62. The van der Waals surface area contributed by atoms with E-state index in [1.807, 2.05) is 6.92 Å². The summed E-state index contributed by atoms with van der Waals surface area (Å²) in [5.41, 5.74) is 0.239. The molecule has 0 spiro atoms. The third kappa shape index (κ3) is 3.15. The van der Waals surface area contributed by atoms with Crippen LogP contribution in [-0.2, 0) is 0 Å². The number of nitrogens with zero attached hydrogens (tertiary/aromatic N) is 3. The van der Waals surface area contributed by atoms with Crippen LogP contribution in [0.4, 0.5) is 17.3 Å². The van der Waals surface area contributed by atoms with Gasteiger partial charge < -0.3 is 10.6 Å². The van der Waals surface area contributed by atoms with Crippen molar-refractivity contribution in [3.05, 3.63) is 16.4 Å². The van der Waals surface area contributed by atoms with E-state index in [0.717, 1.165) is 19.4 Å². The molecule has 110 valence electrons. The second-order valence-corrected chi connectivity index (χ2v) is 5.31. The molecule has 7 heteroatoms. The second-order valence-electron chi connectivity index (χ2n) is 5.31. The predicted molar refractivity (Wildman–Crippen MR) is 77.9 cm³/mol. The molecule has 1 aliphatic rings. The Bertz CT molecular complexity index is 488. The summed E-state index contributed by atoms with van der Waals surface area (Å²) in [7, 11) is 0. The van der Waals surface area contributed by atoms with Crippen LogP contribution < -0.4 is 10.6 Å². The van der Waals surface area contributed by atoms with Gasteiger partial charge in [-0.3, -0.25) is 10.1 Å². The third-order valence-corrected chi connectivity index (χ3v) is 3.89. The van der Waals surface area contributed by atoms with Gasteiger partial charge in [0.2, 0.25) is 11.6 Å². The molecule has 1 aromatic heterocycles. The molecule has 20 heavy (non-hydrogen) atoms. The summed E-state index contributed by atoms with van der Waals surface area (Å²) in [4.78, 5) is 18.8. The Hall–Kier alpha value is -1.92. The van der Waals surface area contributed by atoms with E-state index in [-0.39, 0.29) is 11.5 Å². The molecule has 0 amide bonds. The molecule has 2 rings (SSSR count). The van der Waals surface area contributed by atoms with Crippen molar-refractivity contribution in [2.45, 2.75) is 39.5 Å². The summed E-state index contributed by atoms with van der Waals surface area (Å²) in [6.45, 7) is 5.53. The van der Waals surface area contributed by atoms with Gasteiger partial charge in [0, 0.05) is 13.1 Å². The number of nitro groups is 1. The molecular formula is C13H21N5O2. The van der Waals surface area contributed by atoms with Crippen LogP contribution in [0, 0.1) is 15.5 Å². The van der Waals surface area contributed by atoms with Gasteiger partial charge in [-0.15, -0.1) is 0 Å². The Kier molecular flexibility index (Phi) is 4.36. The van der Waals surface area contributed by atoms with Gasteiger partial charge in [0.05, 0.1) is 4.92 Å². The van der Waals surface area contributed by atoms with Crippen molar-refractivity contribution in [2.24, 2.45) is 5.41 Å². The summed E-state index contributed by atoms with van der Waals surface area (Å²) in [6, 6.07) is 0. The van der Waals surface area contributed by atoms with Crippen molar-refractivity contribution in [1.29, 1.82) is 0 Å². The van der Waals surface area contributed by atoms with E-state index in [2.05, 4.69) is 27.5 Å². The van der Waals surface area contributed by atoms with Crippen molar-refractivity contribution >= 4 is 17.3 Å². The molecule has 0 bridgehead atoms. The average molecular weight is 279 g/mol. The van der Waals surface area contributed by atoms with E-state index >= 15 is 0 Å². The molecule has 1 saturated carbocycles. The molecule has 1 aromatic rings. The SMILES string of the molecule is CCCNc1ncnc(NCC2(CC)CC2)c1[N+](=O)[O-]. The molecule has 0 saturated heterocycles. The summed E-state index contributed by atoms with van der Waals surface area (Å²) < 4.78 is 0. The van der Waals surface area contributed by atoms with Gasteiger partial charge in [0.25, 0.3) is 0 Å². The van der Waals surface area contributed by atoms with Gasteiger partial charge in [-0.25, -0.2) is 9.97 Å². The van der Waals surface area contributed by atoms with Gasteiger partial charge in [-0.05, 0) is 31.1 Å². The molecule has 1 fully saturated rings. The Morgan fingerprint density at radius 1 is 1.30 bits per heavy atom. The van der Waals surface area contributed by atoms with Crippen LogP contribution in [0.3, 0.4) is 0 Å². The number of anilines is 2. The van der Waals surface area contributed by atoms with E-state index in [1.54, 1.807) is 0 Å². The minimum Gasteiger partial charge on any atom is -0.364 e. The van der Waals surface area contributed by atoms with E-state index in [4.69, 9.17) is 0 Å². The van der Waals surface area contributed by atoms with Crippen molar-refractivity contribution in [1.82, 2.24) is 9.97 Å². The monoisotopic (exact) mass is 279 g/mol. The Labute approximate surface area is 118 Å². The van der Waals surface area contributed by atoms with Crippen LogP contribution in [0.5, 0.6) is 0 Å². The average Bonchev–Trinajstić information content (AvgIpc) is 3.23. The highest BCUT2D eigenvalue weighted by Crippen LogP contribution is 2.48. The minimum absolute atomic E-state index is 0.0622. The number of rotatable bonds is 8. The Morgan fingerprint density at radius 3 is 2.45 bits per heavy atom. The lowest BCUT2D eigenvalue weighted by Gasteiger charge is -2.14. The highest BCUT2D eigenvalue weighted by molar-refractivity contribution is 5.69. The molecule has 0 aliphatic heterocycles. The van der Waals surface area contributed by atoms with Crippen molar-refractivity contribution in [2.75, 3.05) is 23.7 Å². The third-order valence-electron chi connectivity index (χ3n) is 3.89. The summed E-state index contributed by atoms with van der Waals surface area (Å²) in [6.07, 6.45) is 5.67. The number of nitrogens with one attached hydrogen (secondary N) is 2. The molecule has 2 N–H and O–H groups in total. The smallest absolute Gasteiger partial charge is 0.353 e. The zero-order chi connectivity index (χ0) is 14.6. The van der Waals surface area contributed by atoms with Crippen LogP contribution in [-0.4, -0.2) is 28.0 Å². The highest BCUT2D eigenvalue weighted by atomic mass is 16.6. The fourth-order valence-corrected chi connectivity index (χ4v) is 2.16. The summed E-state index contributed by atoms with van der Waals surface area (Å²) in [5.74, 6) is 0.596. The normalized spacial score (nSPS) is 15.7. The first-order valence-electron chi connectivity index (χ1n) is 7.09. The Morgan fingerprint density at radius 2 is 1.95 bits per heavy atom. The van der Waals surface area contributed by atoms with Crippen LogP contribution >= 0.6 is 0 Å². The van der Waals surface area contributed by atoms with Crippen molar-refractivity contribution < 1.29 is 4.92 Å². The largest absolute Gasteiger partial charge is 0.364 e. The first-order valence-corrected chi connectivity index (χ1v) is 7.09. The first kappa shape index (κ1) is 14.5. The topological polar surface area (TPSA) is 93.0 Å². The zero-order valence-corrected chi connectivity index (χ0v) is 12.0. The van der Waals surface area contributed by atoms with Crippen LogP contribution in [0.25, 0.3) is 0 Å². The standard InChI is InChI=1S/C13H21N5O2/c1-3-7-14-11-10(18(19)20)12(17-9-16-11)15-8-13(4-2)5-6-13/h9H,3-8H2,1-2H3,(H2,14,15,16,17). The van der Waals surface area contributed by atoms with E-state index in [1.165, 1.54) is 19.2 Å². The lowest BCUT2D eigenvalue weighted by molar-refractivity contribution is -0.383. The number of aromatic nitrogens is 2. The molecule has 0 atom stereocenters. The summed E-state index contributed by atoms with van der Waals surface area (Å²) >= 11 is 0. The van der Waals surface area contributed by atoms with Gasteiger partial charge >= 0.3 is 5.69 Å². The molecule has 0 unspecified atom stereocenters. The fraction of sp³-hybridized carbons (Fsp3) is 0.692. The lowest BCUT2D eigenvalue weighted by atomic mass is 10.0. The molecule has 0 radical (unpaired) electrons. The Balaban J connectivity index is 2.16. The highest BCUT2D eigenvalue weighted by Gasteiger charge is 2.40. The molecule has 7 nitrogen and oxygen atoms in total. The van der Waals surface area contributed by atoms with E-state index < -0.39 is 4.92 Å². The van der Waals surface area contributed by atoms with Crippen LogP contribution in [0.15, 0.2) is 6.33 Å². The quantitative estimate of drug-likeness (QED) is 0.561. The maximum absolute atomic E-state index is 11.3. The number of hydrogen-bond acceptors (Lipinski definition) is 6. The second kappa shape index (κ2) is 6.02. The van der Waals surface area contributed by atoms with E-state index in [9.17, 15) is 10.1 Å². The van der Waals surface area contributed by atoms with E-state index in [0.29, 0.717) is 17.8 Å².